The van der Waals surface area contributed by atoms with Crippen LogP contribution in [-0.4, -0.2) is 28.2 Å². The van der Waals surface area contributed by atoms with E-state index in [1.807, 2.05) is 30.0 Å². The third-order valence-corrected chi connectivity index (χ3v) is 6.79. The lowest BCUT2D eigenvalue weighted by Crippen LogP contribution is -2.28. The summed E-state index contributed by atoms with van der Waals surface area (Å²) in [6.07, 6.45) is 6.79. The second kappa shape index (κ2) is 6.61. The van der Waals surface area contributed by atoms with Crippen molar-refractivity contribution in [3.05, 3.63) is 18.2 Å². The highest BCUT2D eigenvalue weighted by molar-refractivity contribution is 9.09. The van der Waals surface area contributed by atoms with Crippen molar-refractivity contribution in [1.29, 1.82) is 0 Å². The van der Waals surface area contributed by atoms with E-state index in [1.165, 1.54) is 32.1 Å². The molecule has 21 heavy (non-hydrogen) atoms. The summed E-state index contributed by atoms with van der Waals surface area (Å²) in [5, 5.41) is 2.12. The van der Waals surface area contributed by atoms with Gasteiger partial charge < -0.3 is 9.72 Å². The molecule has 0 amide bonds. The van der Waals surface area contributed by atoms with Gasteiger partial charge in [-0.05, 0) is 30.4 Å². The summed E-state index contributed by atoms with van der Waals surface area (Å²) in [6, 6.07) is 5.97. The molecule has 0 atom stereocenters. The summed E-state index contributed by atoms with van der Waals surface area (Å²) in [5.74, 6) is 2.00. The lowest BCUT2D eigenvalue weighted by Gasteiger charge is -2.35. The molecule has 3 nitrogen and oxygen atoms in total. The first-order chi connectivity index (χ1) is 10.2. The van der Waals surface area contributed by atoms with Gasteiger partial charge in [-0.15, -0.1) is 0 Å². The van der Waals surface area contributed by atoms with Gasteiger partial charge in [-0.1, -0.05) is 47.0 Å². The lowest BCUT2D eigenvalue weighted by molar-refractivity contribution is 0.260. The predicted molar refractivity (Wildman–Crippen MR) is 92.7 cm³/mol. The Morgan fingerprint density at radius 2 is 2.14 bits per heavy atom. The first-order valence-corrected chi connectivity index (χ1v) is 9.58. The summed E-state index contributed by atoms with van der Waals surface area (Å²) in [5.41, 5.74) is 2.50. The third kappa shape index (κ3) is 3.39. The van der Waals surface area contributed by atoms with Gasteiger partial charge in [-0.25, -0.2) is 4.98 Å². The molecule has 1 N–H and O–H groups in total. The lowest BCUT2D eigenvalue weighted by atomic mass is 9.77. The van der Waals surface area contributed by atoms with Crippen molar-refractivity contribution in [3.8, 4) is 5.75 Å². The summed E-state index contributed by atoms with van der Waals surface area (Å²) >= 11 is 5.59. The minimum atomic E-state index is 0.444. The van der Waals surface area contributed by atoms with Crippen LogP contribution in [0.15, 0.2) is 23.4 Å². The average molecular weight is 369 g/mol. The van der Waals surface area contributed by atoms with Crippen LogP contribution in [0, 0.1) is 5.41 Å². The molecule has 1 heterocycles. The zero-order chi connectivity index (χ0) is 14.7. The van der Waals surface area contributed by atoms with Crippen molar-refractivity contribution in [2.24, 2.45) is 5.41 Å². The first kappa shape index (κ1) is 15.2. The van der Waals surface area contributed by atoms with Crippen LogP contribution in [0.2, 0.25) is 0 Å². The molecule has 2 aromatic rings. The topological polar surface area (TPSA) is 37.9 Å². The van der Waals surface area contributed by atoms with Crippen molar-refractivity contribution in [3.63, 3.8) is 0 Å². The van der Waals surface area contributed by atoms with E-state index in [0.29, 0.717) is 5.41 Å². The van der Waals surface area contributed by atoms with Crippen molar-refractivity contribution in [2.75, 3.05) is 18.2 Å². The highest BCUT2D eigenvalue weighted by Gasteiger charge is 2.31. The molecule has 0 radical (unpaired) electrons. The molecular weight excluding hydrogens is 348 g/mol. The van der Waals surface area contributed by atoms with E-state index in [2.05, 4.69) is 25.9 Å². The fourth-order valence-electron chi connectivity index (χ4n) is 3.00. The average Bonchev–Trinajstić information content (AvgIpc) is 2.95. The van der Waals surface area contributed by atoms with E-state index in [0.717, 1.165) is 33.0 Å². The Hall–Kier alpha value is -0.680. The smallest absolute Gasteiger partial charge is 0.166 e. The van der Waals surface area contributed by atoms with Crippen LogP contribution in [0.1, 0.15) is 32.1 Å². The minimum Gasteiger partial charge on any atom is -0.497 e. The maximum Gasteiger partial charge on any atom is 0.166 e. The first-order valence-electron chi connectivity index (χ1n) is 7.47. The van der Waals surface area contributed by atoms with Gasteiger partial charge in [-0.2, -0.15) is 0 Å². The monoisotopic (exact) mass is 368 g/mol. The molecule has 0 bridgehead atoms. The number of aromatic amines is 1. The molecule has 1 aliphatic carbocycles. The number of rotatable bonds is 5. The van der Waals surface area contributed by atoms with Crippen LogP contribution in [0.4, 0.5) is 0 Å². The van der Waals surface area contributed by atoms with Crippen LogP contribution >= 0.6 is 27.7 Å². The number of ether oxygens (including phenoxy) is 1. The fraction of sp³-hybridized carbons (Fsp3) is 0.562. The van der Waals surface area contributed by atoms with Crippen molar-refractivity contribution in [2.45, 2.75) is 37.3 Å². The summed E-state index contributed by atoms with van der Waals surface area (Å²) in [7, 11) is 1.69. The summed E-state index contributed by atoms with van der Waals surface area (Å²) in [6.45, 7) is 0. The molecule has 0 unspecified atom stereocenters. The number of benzene rings is 1. The quantitative estimate of drug-likeness (QED) is 0.595. The zero-order valence-electron chi connectivity index (χ0n) is 12.3. The van der Waals surface area contributed by atoms with Gasteiger partial charge in [0.25, 0.3) is 0 Å². The Kier molecular flexibility index (Phi) is 4.79. The Labute approximate surface area is 138 Å². The fourth-order valence-corrected chi connectivity index (χ4v) is 5.20. The maximum atomic E-state index is 5.26. The van der Waals surface area contributed by atoms with Crippen LogP contribution in [-0.2, 0) is 0 Å². The highest BCUT2D eigenvalue weighted by atomic mass is 79.9. The molecule has 3 rings (SSSR count). The Morgan fingerprint density at radius 1 is 1.33 bits per heavy atom. The van der Waals surface area contributed by atoms with Gasteiger partial charge in [0.2, 0.25) is 0 Å². The predicted octanol–water partition coefficient (Wildman–Crippen LogP) is 5.01. The number of H-pyrrole nitrogens is 1. The molecule has 1 saturated carbocycles. The molecule has 5 heteroatoms. The van der Waals surface area contributed by atoms with Gasteiger partial charge in [-0.3, -0.25) is 0 Å². The van der Waals surface area contributed by atoms with Gasteiger partial charge in [0.05, 0.1) is 18.1 Å². The molecule has 114 valence electrons. The summed E-state index contributed by atoms with van der Waals surface area (Å²) in [4.78, 5) is 8.08. The molecule has 0 saturated heterocycles. The number of halogens is 1. The van der Waals surface area contributed by atoms with Crippen molar-refractivity contribution >= 4 is 38.7 Å². The minimum absolute atomic E-state index is 0.444. The Bertz CT molecular complexity index is 607. The van der Waals surface area contributed by atoms with E-state index in [1.54, 1.807) is 7.11 Å². The molecule has 1 fully saturated rings. The molecule has 0 spiro atoms. The number of nitrogens with one attached hydrogen (secondary N) is 1. The van der Waals surface area contributed by atoms with Crippen LogP contribution < -0.4 is 4.74 Å². The maximum absolute atomic E-state index is 5.26. The van der Waals surface area contributed by atoms with E-state index < -0.39 is 0 Å². The number of aromatic nitrogens is 2. The van der Waals surface area contributed by atoms with E-state index in [9.17, 15) is 0 Å². The molecule has 1 aromatic heterocycles. The van der Waals surface area contributed by atoms with Gasteiger partial charge in [0.15, 0.2) is 5.16 Å². The normalized spacial score (nSPS) is 18.0. The van der Waals surface area contributed by atoms with E-state index in [4.69, 9.17) is 4.74 Å². The SMILES string of the molecule is COc1ccc2nc(SCC3(CBr)CCCCC3)[nH]c2c1. The number of hydrogen-bond donors (Lipinski definition) is 1. The zero-order valence-corrected chi connectivity index (χ0v) is 14.7. The van der Waals surface area contributed by atoms with Crippen molar-refractivity contribution in [1.82, 2.24) is 9.97 Å². The number of thioether (sulfide) groups is 1. The molecule has 1 aromatic carbocycles. The van der Waals surface area contributed by atoms with Gasteiger partial charge in [0, 0.05) is 17.1 Å². The van der Waals surface area contributed by atoms with E-state index >= 15 is 0 Å². The number of imidazole rings is 1. The Balaban J connectivity index is 1.72. The number of methoxy groups -OCH3 is 1. The second-order valence-electron chi connectivity index (χ2n) is 5.91. The van der Waals surface area contributed by atoms with Crippen LogP contribution in [0.5, 0.6) is 5.75 Å². The van der Waals surface area contributed by atoms with E-state index in [-0.39, 0.29) is 0 Å². The third-order valence-electron chi connectivity index (χ3n) is 4.38. The van der Waals surface area contributed by atoms with Crippen LogP contribution in [0.3, 0.4) is 0 Å². The number of fused-ring (bicyclic) bond motifs is 1. The molecule has 0 aliphatic heterocycles. The molecule has 1 aliphatic rings. The van der Waals surface area contributed by atoms with Crippen molar-refractivity contribution < 1.29 is 4.74 Å². The molecular formula is C16H21BrN2OS. The number of hydrogen-bond acceptors (Lipinski definition) is 3. The highest BCUT2D eigenvalue weighted by Crippen LogP contribution is 2.41. The largest absolute Gasteiger partial charge is 0.497 e. The van der Waals surface area contributed by atoms with Gasteiger partial charge >= 0.3 is 0 Å². The number of alkyl halides is 1. The summed E-state index contributed by atoms with van der Waals surface area (Å²) < 4.78 is 5.26. The standard InChI is InChI=1S/C16H21BrN2OS/c1-20-12-5-6-13-14(9-12)19-15(18-13)21-11-16(10-17)7-3-2-4-8-16/h5-6,9H,2-4,7-8,10-11H2,1H3,(H,18,19). The Morgan fingerprint density at radius 3 is 2.86 bits per heavy atom. The van der Waals surface area contributed by atoms with Gasteiger partial charge in [0.1, 0.15) is 5.75 Å². The van der Waals surface area contributed by atoms with Crippen LogP contribution in [0.25, 0.3) is 11.0 Å². The number of nitrogens with zero attached hydrogens (tertiary/aromatic N) is 1. The second-order valence-corrected chi connectivity index (χ2v) is 7.43.